The summed E-state index contributed by atoms with van der Waals surface area (Å²) in [7, 11) is 0. The Labute approximate surface area is 134 Å². The highest BCUT2D eigenvalue weighted by molar-refractivity contribution is 5.09. The van der Waals surface area contributed by atoms with Crippen molar-refractivity contribution < 1.29 is 0 Å². The number of hydrogen-bond donors (Lipinski definition) is 0. The van der Waals surface area contributed by atoms with E-state index in [9.17, 15) is 0 Å². The van der Waals surface area contributed by atoms with Crippen molar-refractivity contribution in [3.63, 3.8) is 0 Å². The SMILES string of the molecule is c1cncc(CN2CCC3(CCN(CC4CCC4)CC3)C2)c1. The first-order valence-electron chi connectivity index (χ1n) is 9.15. The Kier molecular flexibility index (Phi) is 4.19. The second kappa shape index (κ2) is 6.29. The predicted molar refractivity (Wildman–Crippen MR) is 89.6 cm³/mol. The van der Waals surface area contributed by atoms with Gasteiger partial charge in [-0.1, -0.05) is 12.5 Å². The maximum Gasteiger partial charge on any atom is 0.0312 e. The minimum atomic E-state index is 0.623. The summed E-state index contributed by atoms with van der Waals surface area (Å²) in [6, 6.07) is 4.26. The van der Waals surface area contributed by atoms with Gasteiger partial charge in [0.2, 0.25) is 0 Å². The second-order valence-corrected chi connectivity index (χ2v) is 7.92. The van der Waals surface area contributed by atoms with Crippen LogP contribution in [0, 0.1) is 11.3 Å². The Bertz CT molecular complexity index is 475. The Morgan fingerprint density at radius 2 is 1.86 bits per heavy atom. The van der Waals surface area contributed by atoms with E-state index in [0.717, 1.165) is 12.5 Å². The number of hydrogen-bond acceptors (Lipinski definition) is 3. The summed E-state index contributed by atoms with van der Waals surface area (Å²) in [5.41, 5.74) is 1.99. The standard InChI is InChI=1S/C19H29N3/c1-3-17(4-1)14-21-10-6-19(7-11-21)8-12-22(16-19)15-18-5-2-9-20-13-18/h2,5,9,13,17H,1,3-4,6-8,10-12,14-16H2. The van der Waals surface area contributed by atoms with E-state index in [2.05, 4.69) is 26.9 Å². The Balaban J connectivity index is 1.27. The molecule has 0 radical (unpaired) electrons. The average Bonchev–Trinajstić information content (AvgIpc) is 2.89. The van der Waals surface area contributed by atoms with Crippen LogP contribution < -0.4 is 0 Å². The van der Waals surface area contributed by atoms with Crippen molar-refractivity contribution >= 4 is 0 Å². The Morgan fingerprint density at radius 1 is 1.09 bits per heavy atom. The summed E-state index contributed by atoms with van der Waals surface area (Å²) in [5.74, 6) is 1.03. The number of nitrogens with zero attached hydrogens (tertiary/aromatic N) is 3. The zero-order valence-corrected chi connectivity index (χ0v) is 13.7. The molecule has 0 aromatic carbocycles. The molecule has 3 nitrogen and oxygen atoms in total. The minimum Gasteiger partial charge on any atom is -0.303 e. The van der Waals surface area contributed by atoms with Crippen LogP contribution in [0.3, 0.4) is 0 Å². The van der Waals surface area contributed by atoms with Crippen LogP contribution in [-0.2, 0) is 6.54 Å². The number of aromatic nitrogens is 1. The third-order valence-electron chi connectivity index (χ3n) is 6.30. The molecule has 1 saturated carbocycles. The monoisotopic (exact) mass is 299 g/mol. The van der Waals surface area contributed by atoms with Crippen molar-refractivity contribution in [3.05, 3.63) is 30.1 Å². The van der Waals surface area contributed by atoms with Crippen molar-refractivity contribution in [2.45, 2.75) is 45.1 Å². The number of pyridine rings is 1. The largest absolute Gasteiger partial charge is 0.303 e. The normalized spacial score (nSPS) is 26.4. The van der Waals surface area contributed by atoms with Crippen molar-refractivity contribution in [1.29, 1.82) is 0 Å². The fourth-order valence-electron chi connectivity index (χ4n) is 4.57. The lowest BCUT2D eigenvalue weighted by Crippen LogP contribution is -2.44. The van der Waals surface area contributed by atoms with E-state index in [4.69, 9.17) is 0 Å². The third-order valence-corrected chi connectivity index (χ3v) is 6.30. The summed E-state index contributed by atoms with van der Waals surface area (Å²) in [6.07, 6.45) is 12.6. The van der Waals surface area contributed by atoms with Gasteiger partial charge in [-0.3, -0.25) is 9.88 Å². The fraction of sp³-hybridized carbons (Fsp3) is 0.737. The zero-order valence-electron chi connectivity index (χ0n) is 13.7. The summed E-state index contributed by atoms with van der Waals surface area (Å²) in [6.45, 7) is 7.74. The average molecular weight is 299 g/mol. The van der Waals surface area contributed by atoms with Gasteiger partial charge in [0.05, 0.1) is 0 Å². The molecular formula is C19H29N3. The quantitative estimate of drug-likeness (QED) is 0.851. The number of likely N-dealkylation sites (tertiary alicyclic amines) is 2. The van der Waals surface area contributed by atoms with Gasteiger partial charge in [0.15, 0.2) is 0 Å². The van der Waals surface area contributed by atoms with Crippen LogP contribution in [0.5, 0.6) is 0 Å². The van der Waals surface area contributed by atoms with Gasteiger partial charge in [-0.05, 0) is 74.7 Å². The molecule has 0 N–H and O–H groups in total. The van der Waals surface area contributed by atoms with E-state index in [1.165, 1.54) is 76.8 Å². The first kappa shape index (κ1) is 14.6. The topological polar surface area (TPSA) is 19.4 Å². The molecule has 3 fully saturated rings. The summed E-state index contributed by atoms with van der Waals surface area (Å²) in [4.78, 5) is 9.65. The van der Waals surface area contributed by atoms with E-state index in [1.54, 1.807) is 0 Å². The molecule has 120 valence electrons. The van der Waals surface area contributed by atoms with Gasteiger partial charge >= 0.3 is 0 Å². The minimum absolute atomic E-state index is 0.623. The van der Waals surface area contributed by atoms with Crippen molar-refractivity contribution in [1.82, 2.24) is 14.8 Å². The van der Waals surface area contributed by atoms with Gasteiger partial charge in [-0.25, -0.2) is 0 Å². The lowest BCUT2D eigenvalue weighted by molar-refractivity contribution is 0.0815. The van der Waals surface area contributed by atoms with Crippen LogP contribution in [0.25, 0.3) is 0 Å². The van der Waals surface area contributed by atoms with Crippen LogP contribution in [0.2, 0.25) is 0 Å². The van der Waals surface area contributed by atoms with Crippen LogP contribution in [0.4, 0.5) is 0 Å². The molecule has 0 unspecified atom stereocenters. The molecule has 4 rings (SSSR count). The van der Waals surface area contributed by atoms with Crippen LogP contribution in [0.1, 0.15) is 44.1 Å². The first-order valence-corrected chi connectivity index (χ1v) is 9.15. The molecule has 3 aliphatic rings. The summed E-state index contributed by atoms with van der Waals surface area (Å²) >= 11 is 0. The molecule has 2 aliphatic heterocycles. The van der Waals surface area contributed by atoms with Crippen LogP contribution >= 0.6 is 0 Å². The predicted octanol–water partition coefficient (Wildman–Crippen LogP) is 3.17. The lowest BCUT2D eigenvalue weighted by atomic mass is 9.77. The van der Waals surface area contributed by atoms with Gasteiger partial charge < -0.3 is 4.90 Å². The van der Waals surface area contributed by atoms with Crippen molar-refractivity contribution in [3.8, 4) is 0 Å². The third kappa shape index (κ3) is 3.21. The molecule has 1 aromatic rings. The van der Waals surface area contributed by atoms with E-state index in [0.29, 0.717) is 5.41 Å². The molecule has 2 saturated heterocycles. The van der Waals surface area contributed by atoms with Gasteiger partial charge in [-0.2, -0.15) is 0 Å². The highest BCUT2D eigenvalue weighted by atomic mass is 15.2. The van der Waals surface area contributed by atoms with E-state index in [-0.39, 0.29) is 0 Å². The molecule has 0 bridgehead atoms. The number of piperidine rings is 1. The maximum absolute atomic E-state index is 4.25. The van der Waals surface area contributed by atoms with Crippen molar-refractivity contribution in [2.75, 3.05) is 32.7 Å². The smallest absolute Gasteiger partial charge is 0.0312 e. The fourth-order valence-corrected chi connectivity index (χ4v) is 4.57. The highest BCUT2D eigenvalue weighted by Gasteiger charge is 2.40. The second-order valence-electron chi connectivity index (χ2n) is 7.92. The van der Waals surface area contributed by atoms with E-state index >= 15 is 0 Å². The molecule has 1 aromatic heterocycles. The number of rotatable bonds is 4. The molecule has 1 spiro atoms. The van der Waals surface area contributed by atoms with Gasteiger partial charge in [0.1, 0.15) is 0 Å². The van der Waals surface area contributed by atoms with E-state index in [1.807, 2.05) is 12.4 Å². The summed E-state index contributed by atoms with van der Waals surface area (Å²) in [5, 5.41) is 0. The van der Waals surface area contributed by atoms with Gasteiger partial charge in [-0.15, -0.1) is 0 Å². The molecule has 22 heavy (non-hydrogen) atoms. The molecule has 3 heterocycles. The first-order chi connectivity index (χ1) is 10.8. The zero-order chi connectivity index (χ0) is 14.8. The maximum atomic E-state index is 4.25. The molecule has 1 aliphatic carbocycles. The Morgan fingerprint density at radius 3 is 2.50 bits per heavy atom. The van der Waals surface area contributed by atoms with Gasteiger partial charge in [0.25, 0.3) is 0 Å². The molecule has 0 amide bonds. The summed E-state index contributed by atoms with van der Waals surface area (Å²) < 4.78 is 0. The van der Waals surface area contributed by atoms with Crippen LogP contribution in [0.15, 0.2) is 24.5 Å². The van der Waals surface area contributed by atoms with Crippen molar-refractivity contribution in [2.24, 2.45) is 11.3 Å². The molecule has 3 heteroatoms. The highest BCUT2D eigenvalue weighted by Crippen LogP contribution is 2.41. The molecule has 0 atom stereocenters. The van der Waals surface area contributed by atoms with Crippen LogP contribution in [-0.4, -0.2) is 47.5 Å². The lowest BCUT2D eigenvalue weighted by Gasteiger charge is -2.41. The Hall–Kier alpha value is -0.930. The molecular weight excluding hydrogens is 270 g/mol. The van der Waals surface area contributed by atoms with E-state index < -0.39 is 0 Å². The van der Waals surface area contributed by atoms with Gasteiger partial charge in [0, 0.05) is 32.0 Å².